The molecule has 5 aliphatic rings. The normalized spacial score (nSPS) is 35.1. The maximum atomic E-state index is 13.9. The Labute approximate surface area is 177 Å². The molecule has 7 rings (SSSR count). The summed E-state index contributed by atoms with van der Waals surface area (Å²) >= 11 is 0. The van der Waals surface area contributed by atoms with E-state index in [9.17, 15) is 4.79 Å². The highest BCUT2D eigenvalue weighted by molar-refractivity contribution is 5.83. The molecule has 4 bridgehead atoms. The van der Waals surface area contributed by atoms with Gasteiger partial charge >= 0.3 is 0 Å². The van der Waals surface area contributed by atoms with Crippen LogP contribution in [0.1, 0.15) is 44.3 Å². The van der Waals surface area contributed by atoms with Gasteiger partial charge in [0, 0.05) is 32.4 Å². The summed E-state index contributed by atoms with van der Waals surface area (Å²) in [6.07, 6.45) is 10.4. The van der Waals surface area contributed by atoms with Crippen molar-refractivity contribution in [3.05, 3.63) is 36.5 Å². The largest absolute Gasteiger partial charge is 0.353 e. The second kappa shape index (κ2) is 6.53. The topological polar surface area (TPSA) is 67.2 Å². The van der Waals surface area contributed by atoms with E-state index in [1.165, 1.54) is 6.42 Å². The Morgan fingerprint density at radius 3 is 2.43 bits per heavy atom. The lowest BCUT2D eigenvalue weighted by molar-refractivity contribution is -0.167. The second-order valence-electron chi connectivity index (χ2n) is 10.2. The quantitative estimate of drug-likeness (QED) is 0.784. The molecule has 0 N–H and O–H groups in total. The Hall–Kier alpha value is -2.44. The van der Waals surface area contributed by atoms with Crippen molar-refractivity contribution >= 4 is 11.7 Å². The SMILES string of the molecule is Cc1ncn(C23CC4CC(CC(C(=O)N5CCN(c6ccccn6)CC5)(C4)C2)C3)n1. The average Bonchev–Trinajstić information content (AvgIpc) is 3.20. The summed E-state index contributed by atoms with van der Waals surface area (Å²) in [6, 6.07) is 6.03. The van der Waals surface area contributed by atoms with Crippen LogP contribution in [0.2, 0.25) is 0 Å². The lowest BCUT2D eigenvalue weighted by atomic mass is 9.46. The maximum Gasteiger partial charge on any atom is 0.229 e. The van der Waals surface area contributed by atoms with E-state index in [0.717, 1.165) is 69.9 Å². The molecule has 2 aromatic heterocycles. The van der Waals surface area contributed by atoms with E-state index in [1.807, 2.05) is 31.6 Å². The van der Waals surface area contributed by atoms with Gasteiger partial charge in [0.25, 0.3) is 0 Å². The van der Waals surface area contributed by atoms with E-state index >= 15 is 0 Å². The highest BCUT2D eigenvalue weighted by Gasteiger charge is 2.62. The molecule has 0 spiro atoms. The number of aryl methyl sites for hydroxylation is 1. The van der Waals surface area contributed by atoms with E-state index in [1.54, 1.807) is 0 Å². The number of hydrogen-bond acceptors (Lipinski definition) is 5. The molecule has 1 amide bonds. The van der Waals surface area contributed by atoms with Crippen LogP contribution < -0.4 is 4.90 Å². The molecule has 0 aromatic carbocycles. The summed E-state index contributed by atoms with van der Waals surface area (Å²) in [6.45, 7) is 5.26. The molecule has 2 aromatic rings. The first kappa shape index (κ1) is 18.3. The van der Waals surface area contributed by atoms with Crippen LogP contribution in [-0.2, 0) is 10.3 Å². The number of pyridine rings is 1. The molecule has 3 heterocycles. The third kappa shape index (κ3) is 2.77. The van der Waals surface area contributed by atoms with Gasteiger partial charge < -0.3 is 9.80 Å². The fourth-order valence-corrected chi connectivity index (χ4v) is 7.32. The molecule has 30 heavy (non-hydrogen) atoms. The molecule has 7 nitrogen and oxygen atoms in total. The lowest BCUT2D eigenvalue weighted by Gasteiger charge is -2.61. The monoisotopic (exact) mass is 406 g/mol. The highest BCUT2D eigenvalue weighted by Crippen LogP contribution is 2.64. The first-order valence-corrected chi connectivity index (χ1v) is 11.4. The van der Waals surface area contributed by atoms with E-state index in [4.69, 9.17) is 5.10 Å². The van der Waals surface area contributed by atoms with Crippen LogP contribution in [0.25, 0.3) is 0 Å². The van der Waals surface area contributed by atoms with Crippen LogP contribution in [-0.4, -0.2) is 56.7 Å². The Kier molecular flexibility index (Phi) is 3.99. The van der Waals surface area contributed by atoms with Crippen LogP contribution in [0.4, 0.5) is 5.82 Å². The smallest absolute Gasteiger partial charge is 0.229 e. The fraction of sp³-hybridized carbons (Fsp3) is 0.652. The number of anilines is 1. The molecule has 2 unspecified atom stereocenters. The molecule has 4 aliphatic carbocycles. The van der Waals surface area contributed by atoms with Gasteiger partial charge in [-0.1, -0.05) is 6.07 Å². The van der Waals surface area contributed by atoms with E-state index < -0.39 is 0 Å². The van der Waals surface area contributed by atoms with Crippen molar-refractivity contribution in [1.29, 1.82) is 0 Å². The maximum absolute atomic E-state index is 13.9. The molecular formula is C23H30N6O. The van der Waals surface area contributed by atoms with Crippen LogP contribution in [0.5, 0.6) is 0 Å². The number of carbonyl (C=O) groups excluding carboxylic acids is 1. The van der Waals surface area contributed by atoms with Crippen molar-refractivity contribution in [2.45, 2.75) is 51.0 Å². The number of hydrogen-bond donors (Lipinski definition) is 0. The predicted molar refractivity (Wildman–Crippen MR) is 113 cm³/mol. The van der Waals surface area contributed by atoms with Crippen molar-refractivity contribution in [2.75, 3.05) is 31.1 Å². The molecule has 5 fully saturated rings. The van der Waals surface area contributed by atoms with Crippen molar-refractivity contribution in [3.8, 4) is 0 Å². The molecule has 2 atom stereocenters. The number of piperazine rings is 1. The van der Waals surface area contributed by atoms with Crippen molar-refractivity contribution in [1.82, 2.24) is 24.6 Å². The molecule has 1 saturated heterocycles. The Morgan fingerprint density at radius 2 is 1.80 bits per heavy atom. The average molecular weight is 407 g/mol. The number of amides is 1. The molecular weight excluding hydrogens is 376 g/mol. The first-order chi connectivity index (χ1) is 14.6. The van der Waals surface area contributed by atoms with Crippen LogP contribution in [0.3, 0.4) is 0 Å². The first-order valence-electron chi connectivity index (χ1n) is 11.4. The predicted octanol–water partition coefficient (Wildman–Crippen LogP) is 2.63. The second-order valence-corrected chi connectivity index (χ2v) is 10.2. The number of nitrogens with zero attached hydrogens (tertiary/aromatic N) is 6. The van der Waals surface area contributed by atoms with E-state index in [2.05, 4.69) is 30.5 Å². The molecule has 0 radical (unpaired) electrons. The molecule has 158 valence electrons. The van der Waals surface area contributed by atoms with Crippen molar-refractivity contribution in [2.24, 2.45) is 17.3 Å². The van der Waals surface area contributed by atoms with Gasteiger partial charge in [0.15, 0.2) is 0 Å². The summed E-state index contributed by atoms with van der Waals surface area (Å²) in [7, 11) is 0. The minimum Gasteiger partial charge on any atom is -0.353 e. The van der Waals surface area contributed by atoms with Crippen molar-refractivity contribution in [3.63, 3.8) is 0 Å². The molecule has 7 heteroatoms. The lowest BCUT2D eigenvalue weighted by Crippen LogP contribution is -2.63. The molecule has 1 aliphatic heterocycles. The minimum atomic E-state index is -0.197. The summed E-state index contributed by atoms with van der Waals surface area (Å²) in [5.74, 6) is 3.54. The Bertz CT molecular complexity index is 934. The van der Waals surface area contributed by atoms with Gasteiger partial charge in [-0.05, 0) is 69.4 Å². The zero-order valence-corrected chi connectivity index (χ0v) is 17.7. The van der Waals surface area contributed by atoms with Gasteiger partial charge in [0.2, 0.25) is 5.91 Å². The Balaban J connectivity index is 1.23. The Morgan fingerprint density at radius 1 is 1.03 bits per heavy atom. The van der Waals surface area contributed by atoms with Gasteiger partial charge in [-0.2, -0.15) is 5.10 Å². The summed E-state index contributed by atoms with van der Waals surface area (Å²) in [5, 5.41) is 4.71. The van der Waals surface area contributed by atoms with E-state index in [0.29, 0.717) is 17.7 Å². The van der Waals surface area contributed by atoms with Gasteiger partial charge in [-0.3, -0.25) is 4.79 Å². The van der Waals surface area contributed by atoms with Gasteiger partial charge in [0.05, 0.1) is 11.0 Å². The fourth-order valence-electron chi connectivity index (χ4n) is 7.32. The van der Waals surface area contributed by atoms with Crippen LogP contribution in [0, 0.1) is 24.2 Å². The van der Waals surface area contributed by atoms with E-state index in [-0.39, 0.29) is 11.0 Å². The number of rotatable bonds is 3. The number of carbonyl (C=O) groups is 1. The third-order valence-corrected chi connectivity index (χ3v) is 8.12. The van der Waals surface area contributed by atoms with Crippen LogP contribution in [0.15, 0.2) is 30.7 Å². The van der Waals surface area contributed by atoms with Crippen LogP contribution >= 0.6 is 0 Å². The van der Waals surface area contributed by atoms with Gasteiger partial charge in [-0.25, -0.2) is 14.6 Å². The van der Waals surface area contributed by atoms with Crippen molar-refractivity contribution < 1.29 is 4.79 Å². The number of aromatic nitrogens is 4. The van der Waals surface area contributed by atoms with Gasteiger partial charge in [0.1, 0.15) is 18.0 Å². The third-order valence-electron chi connectivity index (χ3n) is 8.12. The zero-order chi connectivity index (χ0) is 20.3. The minimum absolute atomic E-state index is 0.00319. The summed E-state index contributed by atoms with van der Waals surface area (Å²) < 4.78 is 2.13. The summed E-state index contributed by atoms with van der Waals surface area (Å²) in [4.78, 5) is 27.3. The standard InChI is InChI=1S/C23H30N6O/c1-17-25-16-29(26-17)23-13-18-10-19(14-23)12-22(11-18,15-23)21(30)28-8-6-27(7-9-28)20-4-2-3-5-24-20/h2-5,16,18-19H,6-15H2,1H3. The van der Waals surface area contributed by atoms with Gasteiger partial charge in [-0.15, -0.1) is 0 Å². The zero-order valence-electron chi connectivity index (χ0n) is 17.7. The molecule has 4 saturated carbocycles. The highest BCUT2D eigenvalue weighted by atomic mass is 16.2. The summed E-state index contributed by atoms with van der Waals surface area (Å²) in [5.41, 5.74) is -0.201.